The Bertz CT molecular complexity index is 431. The summed E-state index contributed by atoms with van der Waals surface area (Å²) in [6, 6.07) is 0. The lowest BCUT2D eigenvalue weighted by Gasteiger charge is -2.39. The molecule has 138 valence electrons. The first kappa shape index (κ1) is 19.2. The Morgan fingerprint density at radius 2 is 2.12 bits per heavy atom. The van der Waals surface area contributed by atoms with Crippen molar-refractivity contribution in [1.29, 1.82) is 0 Å². The molecule has 0 aromatic rings. The lowest BCUT2D eigenvalue weighted by atomic mass is 9.78. The van der Waals surface area contributed by atoms with Crippen molar-refractivity contribution in [2.24, 2.45) is 17.8 Å². The van der Waals surface area contributed by atoms with E-state index in [1.54, 1.807) is 4.90 Å². The SMILES string of the molecule is CCO[C@H]1OC(C(=O)N2CCOCC2)=C[C@@H](C(C)C)[C@@H]1CCCO. The number of morpholine rings is 1. The van der Waals surface area contributed by atoms with E-state index >= 15 is 0 Å². The Morgan fingerprint density at radius 1 is 1.42 bits per heavy atom. The van der Waals surface area contributed by atoms with Gasteiger partial charge in [0.1, 0.15) is 0 Å². The summed E-state index contributed by atoms with van der Waals surface area (Å²) in [5.74, 6) is 1.04. The second-order valence-electron chi connectivity index (χ2n) is 6.73. The van der Waals surface area contributed by atoms with Gasteiger partial charge in [-0.2, -0.15) is 0 Å². The maximum atomic E-state index is 12.8. The van der Waals surface area contributed by atoms with Crippen molar-refractivity contribution in [2.45, 2.75) is 39.9 Å². The van der Waals surface area contributed by atoms with Crippen LogP contribution in [0.4, 0.5) is 0 Å². The van der Waals surface area contributed by atoms with Gasteiger partial charge in [0, 0.05) is 32.2 Å². The van der Waals surface area contributed by atoms with Gasteiger partial charge in [-0.3, -0.25) is 4.79 Å². The number of allylic oxidation sites excluding steroid dienone is 1. The van der Waals surface area contributed by atoms with Gasteiger partial charge in [-0.15, -0.1) is 0 Å². The van der Waals surface area contributed by atoms with E-state index in [0.29, 0.717) is 51.0 Å². The molecule has 0 bridgehead atoms. The molecule has 1 amide bonds. The van der Waals surface area contributed by atoms with Gasteiger partial charge in [-0.1, -0.05) is 13.8 Å². The Hall–Kier alpha value is -1.11. The molecule has 0 aromatic heterocycles. The highest BCUT2D eigenvalue weighted by Gasteiger charge is 2.39. The highest BCUT2D eigenvalue weighted by atomic mass is 16.7. The van der Waals surface area contributed by atoms with Crippen molar-refractivity contribution in [2.75, 3.05) is 39.5 Å². The first-order valence-corrected chi connectivity index (χ1v) is 9.06. The molecule has 2 aliphatic rings. The minimum Gasteiger partial charge on any atom is -0.459 e. The number of amides is 1. The monoisotopic (exact) mass is 341 g/mol. The lowest BCUT2D eigenvalue weighted by molar-refractivity contribution is -0.179. The molecule has 0 spiro atoms. The van der Waals surface area contributed by atoms with Crippen molar-refractivity contribution >= 4 is 5.91 Å². The van der Waals surface area contributed by atoms with Gasteiger partial charge in [0.25, 0.3) is 5.91 Å². The lowest BCUT2D eigenvalue weighted by Crippen LogP contribution is -2.45. The van der Waals surface area contributed by atoms with E-state index in [2.05, 4.69) is 13.8 Å². The standard InChI is InChI=1S/C18H31NO5/c1-4-23-18-14(6-5-9-20)15(13(2)3)12-16(24-18)17(21)19-7-10-22-11-8-19/h12-15,18,20H,4-11H2,1-3H3/t14-,15-,18-/m0/s1. The van der Waals surface area contributed by atoms with Crippen LogP contribution < -0.4 is 0 Å². The fraction of sp³-hybridized carbons (Fsp3) is 0.833. The van der Waals surface area contributed by atoms with E-state index in [4.69, 9.17) is 14.2 Å². The molecule has 1 saturated heterocycles. The number of carbonyl (C=O) groups is 1. The van der Waals surface area contributed by atoms with E-state index in [0.717, 1.165) is 6.42 Å². The number of hydrogen-bond donors (Lipinski definition) is 1. The van der Waals surface area contributed by atoms with Crippen molar-refractivity contribution in [3.05, 3.63) is 11.8 Å². The topological polar surface area (TPSA) is 68.2 Å². The van der Waals surface area contributed by atoms with Crippen LogP contribution in [-0.4, -0.2) is 61.7 Å². The maximum Gasteiger partial charge on any atom is 0.288 e. The molecule has 0 radical (unpaired) electrons. The molecular weight excluding hydrogens is 310 g/mol. The molecule has 6 heteroatoms. The molecule has 0 aliphatic carbocycles. The normalized spacial score (nSPS) is 27.8. The van der Waals surface area contributed by atoms with Crippen LogP contribution in [0.3, 0.4) is 0 Å². The molecule has 0 unspecified atom stereocenters. The molecule has 2 aliphatic heterocycles. The smallest absolute Gasteiger partial charge is 0.288 e. The number of aliphatic hydroxyl groups excluding tert-OH is 1. The van der Waals surface area contributed by atoms with Crippen LogP contribution in [0, 0.1) is 17.8 Å². The number of ether oxygens (including phenoxy) is 3. The summed E-state index contributed by atoms with van der Waals surface area (Å²) in [7, 11) is 0. The first-order chi connectivity index (χ1) is 11.6. The van der Waals surface area contributed by atoms with Gasteiger partial charge in [0.15, 0.2) is 5.76 Å². The van der Waals surface area contributed by atoms with Crippen LogP contribution in [0.5, 0.6) is 0 Å². The van der Waals surface area contributed by atoms with Crippen LogP contribution in [-0.2, 0) is 19.0 Å². The third-order valence-corrected chi connectivity index (χ3v) is 4.74. The first-order valence-electron chi connectivity index (χ1n) is 9.06. The minimum absolute atomic E-state index is 0.0748. The Labute approximate surface area is 144 Å². The van der Waals surface area contributed by atoms with E-state index in [1.165, 1.54) is 0 Å². The van der Waals surface area contributed by atoms with Crippen LogP contribution in [0.15, 0.2) is 11.8 Å². The molecule has 3 atom stereocenters. The summed E-state index contributed by atoms with van der Waals surface area (Å²) in [5.41, 5.74) is 0. The maximum absolute atomic E-state index is 12.8. The van der Waals surface area contributed by atoms with Crippen molar-refractivity contribution in [1.82, 2.24) is 4.90 Å². The highest BCUT2D eigenvalue weighted by Crippen LogP contribution is 2.37. The third-order valence-electron chi connectivity index (χ3n) is 4.74. The van der Waals surface area contributed by atoms with E-state index < -0.39 is 6.29 Å². The van der Waals surface area contributed by atoms with Crippen molar-refractivity contribution in [3.8, 4) is 0 Å². The molecule has 24 heavy (non-hydrogen) atoms. The Morgan fingerprint density at radius 3 is 2.71 bits per heavy atom. The molecule has 0 aromatic carbocycles. The predicted octanol–water partition coefficient (Wildman–Crippen LogP) is 1.78. The number of nitrogens with zero attached hydrogens (tertiary/aromatic N) is 1. The molecule has 1 fully saturated rings. The van der Waals surface area contributed by atoms with Crippen LogP contribution >= 0.6 is 0 Å². The molecule has 0 saturated carbocycles. The largest absolute Gasteiger partial charge is 0.459 e. The molecule has 2 rings (SSSR count). The second-order valence-corrected chi connectivity index (χ2v) is 6.73. The summed E-state index contributed by atoms with van der Waals surface area (Å²) >= 11 is 0. The van der Waals surface area contributed by atoms with E-state index in [1.807, 2.05) is 13.0 Å². The van der Waals surface area contributed by atoms with Gasteiger partial charge < -0.3 is 24.2 Å². The zero-order valence-electron chi connectivity index (χ0n) is 15.1. The summed E-state index contributed by atoms with van der Waals surface area (Å²) in [6.45, 7) is 9.25. The highest BCUT2D eigenvalue weighted by molar-refractivity contribution is 5.91. The van der Waals surface area contributed by atoms with Crippen LogP contribution in [0.1, 0.15) is 33.6 Å². The summed E-state index contributed by atoms with van der Waals surface area (Å²) in [4.78, 5) is 14.6. The van der Waals surface area contributed by atoms with E-state index in [9.17, 15) is 9.90 Å². The van der Waals surface area contributed by atoms with Gasteiger partial charge in [-0.25, -0.2) is 0 Å². The summed E-state index contributed by atoms with van der Waals surface area (Å²) in [6.07, 6.45) is 3.07. The molecule has 6 nitrogen and oxygen atoms in total. The molecule has 2 heterocycles. The number of aliphatic hydroxyl groups is 1. The van der Waals surface area contributed by atoms with Crippen LogP contribution in [0.2, 0.25) is 0 Å². The minimum atomic E-state index is -0.432. The van der Waals surface area contributed by atoms with Gasteiger partial charge in [-0.05, 0) is 37.7 Å². The average molecular weight is 341 g/mol. The fourth-order valence-corrected chi connectivity index (χ4v) is 3.44. The van der Waals surface area contributed by atoms with Crippen molar-refractivity contribution < 1.29 is 24.1 Å². The predicted molar refractivity (Wildman–Crippen MR) is 90.1 cm³/mol. The number of rotatable bonds is 7. The zero-order chi connectivity index (χ0) is 17.5. The van der Waals surface area contributed by atoms with Crippen molar-refractivity contribution in [3.63, 3.8) is 0 Å². The van der Waals surface area contributed by atoms with Crippen LogP contribution in [0.25, 0.3) is 0 Å². The average Bonchev–Trinajstić information content (AvgIpc) is 2.60. The Kier molecular flexibility index (Phi) is 7.52. The number of carbonyl (C=O) groups excluding carboxylic acids is 1. The van der Waals surface area contributed by atoms with Gasteiger partial charge in [0.05, 0.1) is 13.2 Å². The zero-order valence-corrected chi connectivity index (χ0v) is 15.1. The fourth-order valence-electron chi connectivity index (χ4n) is 3.44. The number of hydrogen-bond acceptors (Lipinski definition) is 5. The Balaban J connectivity index is 2.19. The van der Waals surface area contributed by atoms with Gasteiger partial charge >= 0.3 is 0 Å². The third kappa shape index (κ3) is 4.71. The second kappa shape index (κ2) is 9.39. The summed E-state index contributed by atoms with van der Waals surface area (Å²) < 4.78 is 17.1. The molecule has 1 N–H and O–H groups in total. The van der Waals surface area contributed by atoms with E-state index in [-0.39, 0.29) is 24.3 Å². The molecular formula is C18H31NO5. The quantitative estimate of drug-likeness (QED) is 0.764. The summed E-state index contributed by atoms with van der Waals surface area (Å²) in [5, 5.41) is 9.18. The van der Waals surface area contributed by atoms with Gasteiger partial charge in [0.2, 0.25) is 6.29 Å².